The Labute approximate surface area is 334 Å². The highest BCUT2D eigenvalue weighted by Gasteiger charge is 2.27. The Balaban J connectivity index is 1.16. The summed E-state index contributed by atoms with van der Waals surface area (Å²) >= 11 is 2.78. The van der Waals surface area contributed by atoms with Crippen molar-refractivity contribution in [2.45, 2.75) is 36.6 Å². The number of ether oxygens (including phenoxy) is 3. The number of nitrogens with one attached hydrogen (secondary N) is 3. The van der Waals surface area contributed by atoms with Gasteiger partial charge in [0, 0.05) is 52.3 Å². The zero-order chi connectivity index (χ0) is 39.6. The molecule has 1 aromatic heterocycles. The molecule has 1 unspecified atom stereocenters. The number of carbonyl (C=O) groups excluding carboxylic acids is 3. The Bertz CT molecular complexity index is 2290. The van der Waals surface area contributed by atoms with Crippen LogP contribution in [-0.4, -0.2) is 55.7 Å². The maximum absolute atomic E-state index is 13.9. The number of nitrogens with zero attached hydrogens (tertiary/aromatic N) is 2. The van der Waals surface area contributed by atoms with Crippen molar-refractivity contribution in [3.05, 3.63) is 135 Å². The first-order chi connectivity index (χ1) is 27.2. The van der Waals surface area contributed by atoms with Crippen molar-refractivity contribution in [3.8, 4) is 23.3 Å². The van der Waals surface area contributed by atoms with E-state index in [0.29, 0.717) is 44.6 Å². The summed E-state index contributed by atoms with van der Waals surface area (Å²) in [6, 6.07) is 31.6. The van der Waals surface area contributed by atoms with Crippen LogP contribution in [0.15, 0.2) is 108 Å². The van der Waals surface area contributed by atoms with Crippen molar-refractivity contribution in [2.75, 3.05) is 38.5 Å². The van der Waals surface area contributed by atoms with Gasteiger partial charge in [-0.25, -0.2) is 0 Å². The van der Waals surface area contributed by atoms with E-state index >= 15 is 0 Å². The average Bonchev–Trinajstić information content (AvgIpc) is 3.56. The van der Waals surface area contributed by atoms with E-state index in [9.17, 15) is 19.6 Å². The van der Waals surface area contributed by atoms with Crippen LogP contribution in [0.2, 0.25) is 0 Å². The number of nitriles is 1. The third-order valence-electron chi connectivity index (χ3n) is 9.07. The largest absolute Gasteiger partial charge is 0.496 e. The van der Waals surface area contributed by atoms with Gasteiger partial charge in [-0.3, -0.25) is 19.3 Å². The molecule has 0 fully saturated rings. The molecular formula is C43H41N5O6S2. The maximum Gasteiger partial charge on any atom is 0.272 e. The molecule has 4 aromatic carbocycles. The van der Waals surface area contributed by atoms with Gasteiger partial charge in [0.1, 0.15) is 22.5 Å². The molecule has 1 aliphatic heterocycles. The van der Waals surface area contributed by atoms with Crippen molar-refractivity contribution in [1.29, 1.82) is 5.26 Å². The molecule has 1 atom stereocenters. The van der Waals surface area contributed by atoms with Crippen LogP contribution in [-0.2, 0) is 29.1 Å². The quantitative estimate of drug-likeness (QED) is 0.0762. The van der Waals surface area contributed by atoms with E-state index < -0.39 is 17.1 Å². The van der Waals surface area contributed by atoms with Gasteiger partial charge in [-0.2, -0.15) is 5.26 Å². The molecule has 0 bridgehead atoms. The molecule has 1 aliphatic rings. The highest BCUT2D eigenvalue weighted by atomic mass is 32.2. The molecule has 0 saturated heterocycles. The minimum Gasteiger partial charge on any atom is -0.496 e. The Kier molecular flexibility index (Phi) is 13.1. The van der Waals surface area contributed by atoms with Gasteiger partial charge >= 0.3 is 0 Å². The van der Waals surface area contributed by atoms with E-state index in [1.165, 1.54) is 56.1 Å². The second-order valence-corrected chi connectivity index (χ2v) is 15.3. The molecule has 0 saturated carbocycles. The summed E-state index contributed by atoms with van der Waals surface area (Å²) in [5.41, 5.74) is 4.01. The van der Waals surface area contributed by atoms with Crippen LogP contribution in [0.25, 0.3) is 6.08 Å². The fourth-order valence-corrected chi connectivity index (χ4v) is 8.39. The Morgan fingerprint density at radius 3 is 2.29 bits per heavy atom. The van der Waals surface area contributed by atoms with Gasteiger partial charge in [0.2, 0.25) is 5.91 Å². The van der Waals surface area contributed by atoms with Crippen molar-refractivity contribution >= 4 is 57.6 Å². The number of thiophene rings is 1. The van der Waals surface area contributed by atoms with Crippen LogP contribution in [0.5, 0.6) is 17.2 Å². The van der Waals surface area contributed by atoms with Crippen molar-refractivity contribution in [1.82, 2.24) is 10.2 Å². The van der Waals surface area contributed by atoms with Gasteiger partial charge in [0.15, 0.2) is 11.5 Å². The number of rotatable bonds is 14. The van der Waals surface area contributed by atoms with Crippen LogP contribution in [0, 0.1) is 11.3 Å². The SMILES string of the molecule is COc1cc(OC)c(OC)cc1/C=C(/NC(=O)c1ccccc1)C(=O)Nc1cccc(SC(C)C(=O)Nc2sc3c(c2C#N)CCN(Cc2ccccc2)C3)c1. The Morgan fingerprint density at radius 2 is 1.59 bits per heavy atom. The molecule has 6 rings (SSSR count). The number of methoxy groups -OCH3 is 3. The maximum atomic E-state index is 13.9. The number of hydrogen-bond donors (Lipinski definition) is 3. The van der Waals surface area contributed by atoms with Gasteiger partial charge < -0.3 is 30.2 Å². The molecule has 2 heterocycles. The van der Waals surface area contributed by atoms with E-state index in [1.807, 2.05) is 24.3 Å². The smallest absolute Gasteiger partial charge is 0.272 e. The third kappa shape index (κ3) is 9.59. The summed E-state index contributed by atoms with van der Waals surface area (Å²) in [7, 11) is 4.49. The fraction of sp³-hybridized carbons (Fsp3) is 0.209. The van der Waals surface area contributed by atoms with E-state index in [2.05, 4.69) is 39.1 Å². The first-order valence-corrected chi connectivity index (χ1v) is 19.5. The zero-order valence-electron chi connectivity index (χ0n) is 31.4. The lowest BCUT2D eigenvalue weighted by Crippen LogP contribution is -2.30. The second-order valence-electron chi connectivity index (χ2n) is 12.8. The summed E-state index contributed by atoms with van der Waals surface area (Å²) < 4.78 is 16.4. The minimum absolute atomic E-state index is 0.0506. The topological polar surface area (TPSA) is 142 Å². The lowest BCUT2D eigenvalue weighted by atomic mass is 10.0. The number of amides is 3. The fourth-order valence-electron chi connectivity index (χ4n) is 6.22. The minimum atomic E-state index is -0.591. The molecular weight excluding hydrogens is 747 g/mol. The van der Waals surface area contributed by atoms with Crippen molar-refractivity contribution in [3.63, 3.8) is 0 Å². The summed E-state index contributed by atoms with van der Waals surface area (Å²) in [6.45, 7) is 4.17. The molecule has 0 radical (unpaired) electrons. The molecule has 56 heavy (non-hydrogen) atoms. The average molecular weight is 788 g/mol. The summed E-state index contributed by atoms with van der Waals surface area (Å²) in [5.74, 6) is -0.0764. The molecule has 0 aliphatic carbocycles. The number of benzene rings is 4. The van der Waals surface area contributed by atoms with E-state index in [0.717, 1.165) is 41.4 Å². The molecule has 0 spiro atoms. The lowest BCUT2D eigenvalue weighted by molar-refractivity contribution is -0.115. The number of anilines is 2. The standard InChI is InChI=1S/C43H41N5O6S2/c1-27(40(49)47-43-34(24-44)33-18-19-48(26-39(33)56-43)25-28-12-7-5-8-13-28)55-32-17-11-16-31(22-32)45-42(51)35(46-41(50)29-14-9-6-10-15-29)20-30-21-37(53-3)38(54-4)23-36(30)52-2/h5-17,20-23,27H,18-19,25-26H2,1-4H3,(H,45,51)(H,46,50)(H,47,49)/b35-20+. The molecule has 3 amide bonds. The van der Waals surface area contributed by atoms with Crippen LogP contribution in [0.1, 0.15) is 44.4 Å². The van der Waals surface area contributed by atoms with Crippen LogP contribution in [0.4, 0.5) is 10.7 Å². The molecule has 5 aromatic rings. The zero-order valence-corrected chi connectivity index (χ0v) is 33.0. The van der Waals surface area contributed by atoms with Gasteiger partial charge in [-0.1, -0.05) is 54.6 Å². The Hall–Kier alpha value is -6.07. The molecule has 13 heteroatoms. The number of fused-ring (bicyclic) bond motifs is 1. The second kappa shape index (κ2) is 18.5. The summed E-state index contributed by atoms with van der Waals surface area (Å²) in [5, 5.41) is 18.7. The molecule has 3 N–H and O–H groups in total. The van der Waals surface area contributed by atoms with Crippen LogP contribution >= 0.6 is 23.1 Å². The molecule has 11 nitrogen and oxygen atoms in total. The van der Waals surface area contributed by atoms with Crippen molar-refractivity contribution in [2.24, 2.45) is 0 Å². The van der Waals surface area contributed by atoms with Gasteiger partial charge in [-0.15, -0.1) is 23.1 Å². The van der Waals surface area contributed by atoms with E-state index in [-0.39, 0.29) is 11.6 Å². The number of hydrogen-bond acceptors (Lipinski definition) is 10. The van der Waals surface area contributed by atoms with Crippen molar-refractivity contribution < 1.29 is 28.6 Å². The highest BCUT2D eigenvalue weighted by Crippen LogP contribution is 2.38. The van der Waals surface area contributed by atoms with E-state index in [1.54, 1.807) is 67.6 Å². The lowest BCUT2D eigenvalue weighted by Gasteiger charge is -2.26. The van der Waals surface area contributed by atoms with Crippen LogP contribution in [0.3, 0.4) is 0 Å². The Morgan fingerprint density at radius 1 is 0.893 bits per heavy atom. The van der Waals surface area contributed by atoms with Gasteiger partial charge in [0.25, 0.3) is 11.8 Å². The third-order valence-corrected chi connectivity index (χ3v) is 11.3. The van der Waals surface area contributed by atoms with Crippen LogP contribution < -0.4 is 30.2 Å². The summed E-state index contributed by atoms with van der Waals surface area (Å²) in [6.07, 6.45) is 2.25. The first kappa shape index (κ1) is 39.6. The van der Waals surface area contributed by atoms with Gasteiger partial charge in [0.05, 0.1) is 32.1 Å². The van der Waals surface area contributed by atoms with E-state index in [4.69, 9.17) is 14.2 Å². The predicted octanol–water partition coefficient (Wildman–Crippen LogP) is 7.73. The number of carbonyl (C=O) groups is 3. The first-order valence-electron chi connectivity index (χ1n) is 17.8. The monoisotopic (exact) mass is 787 g/mol. The number of thioether (sulfide) groups is 1. The summed E-state index contributed by atoms with van der Waals surface area (Å²) in [4.78, 5) is 44.8. The normalized spacial score (nSPS) is 13.1. The molecule has 286 valence electrons. The predicted molar refractivity (Wildman–Crippen MR) is 220 cm³/mol. The highest BCUT2D eigenvalue weighted by molar-refractivity contribution is 8.00. The van der Waals surface area contributed by atoms with Gasteiger partial charge in [-0.05, 0) is 66.9 Å².